The topological polar surface area (TPSA) is 111 Å². The lowest BCUT2D eigenvalue weighted by Gasteiger charge is -2.46. The van der Waals surface area contributed by atoms with Crippen molar-refractivity contribution in [3.63, 3.8) is 0 Å². The molecule has 0 radical (unpaired) electrons. The van der Waals surface area contributed by atoms with Crippen LogP contribution in [0.15, 0.2) is 91.0 Å². The van der Waals surface area contributed by atoms with Crippen LogP contribution in [0, 0.1) is 29.1 Å². The third-order valence-corrected chi connectivity index (χ3v) is 11.0. The van der Waals surface area contributed by atoms with Crippen LogP contribution in [0.1, 0.15) is 44.4 Å². The van der Waals surface area contributed by atoms with Crippen molar-refractivity contribution in [1.29, 1.82) is 0 Å². The molecular formula is C46H47F5O12S. The quantitative estimate of drug-likeness (QED) is 0.0499. The number of hydrogen-bond acceptors (Lipinski definition) is 13. The minimum atomic E-state index is -2.38. The highest BCUT2D eigenvalue weighted by Crippen LogP contribution is 2.44. The molecule has 0 spiro atoms. The van der Waals surface area contributed by atoms with Gasteiger partial charge in [0.2, 0.25) is 34.8 Å². The van der Waals surface area contributed by atoms with Crippen LogP contribution in [0.5, 0.6) is 5.75 Å². The van der Waals surface area contributed by atoms with Crippen LogP contribution in [0.2, 0.25) is 0 Å². The smallest absolute Gasteiger partial charge is 0.358 e. The summed E-state index contributed by atoms with van der Waals surface area (Å²) in [5, 5.41) is -1.05. The van der Waals surface area contributed by atoms with Gasteiger partial charge < -0.3 is 56.8 Å². The van der Waals surface area contributed by atoms with E-state index >= 15 is 0 Å². The molecule has 0 amide bonds. The minimum Gasteiger partial charge on any atom is -0.445 e. The second kappa shape index (κ2) is 19.7. The fourth-order valence-corrected chi connectivity index (χ4v) is 8.17. The molecule has 4 fully saturated rings. The summed E-state index contributed by atoms with van der Waals surface area (Å²) in [6.07, 6.45) is -9.97. The van der Waals surface area contributed by atoms with E-state index in [1.54, 1.807) is 27.7 Å². The molecule has 0 N–H and O–H groups in total. The van der Waals surface area contributed by atoms with Crippen LogP contribution in [0.3, 0.4) is 0 Å². The molecule has 4 aromatic carbocycles. The van der Waals surface area contributed by atoms with Crippen molar-refractivity contribution >= 4 is 17.5 Å². The molecule has 0 bridgehead atoms. The first-order valence-corrected chi connectivity index (χ1v) is 21.0. The van der Waals surface area contributed by atoms with Crippen molar-refractivity contribution in [2.45, 2.75) is 121 Å². The Morgan fingerprint density at radius 2 is 1.03 bits per heavy atom. The van der Waals surface area contributed by atoms with Crippen molar-refractivity contribution in [3.8, 4) is 5.75 Å². The van der Waals surface area contributed by atoms with Crippen LogP contribution in [0.4, 0.5) is 22.0 Å². The van der Waals surface area contributed by atoms with Crippen molar-refractivity contribution in [1.82, 2.24) is 0 Å². The molecule has 4 aliphatic rings. The van der Waals surface area contributed by atoms with Crippen molar-refractivity contribution in [3.05, 3.63) is 137 Å². The second-order valence-corrected chi connectivity index (χ2v) is 16.8. The Hall–Kier alpha value is -4.18. The van der Waals surface area contributed by atoms with Gasteiger partial charge in [-0.25, -0.2) is 13.2 Å². The maximum atomic E-state index is 14.9. The summed E-state index contributed by atoms with van der Waals surface area (Å²) in [6, 6.07) is 27.8. The molecule has 4 aliphatic heterocycles. The van der Waals surface area contributed by atoms with Gasteiger partial charge in [-0.1, -0.05) is 91.0 Å². The van der Waals surface area contributed by atoms with Crippen LogP contribution >= 0.6 is 12.2 Å². The molecule has 0 aromatic heterocycles. The largest absolute Gasteiger partial charge is 0.445 e. The first-order chi connectivity index (χ1) is 30.7. The second-order valence-electron chi connectivity index (χ2n) is 16.4. The summed E-state index contributed by atoms with van der Waals surface area (Å²) in [6.45, 7) is 6.88. The Morgan fingerprint density at radius 1 is 0.531 bits per heavy atom. The molecule has 344 valence electrons. The summed E-state index contributed by atoms with van der Waals surface area (Å²) in [7, 11) is 0. The average molecular weight is 919 g/mol. The number of halogens is 5. The number of hydrogen-bond donors (Lipinski definition) is 0. The zero-order valence-electron chi connectivity index (χ0n) is 35.2. The van der Waals surface area contributed by atoms with Crippen molar-refractivity contribution in [2.75, 3.05) is 13.2 Å². The fourth-order valence-electron chi connectivity index (χ4n) is 7.97. The molecular weight excluding hydrogens is 872 g/mol. The van der Waals surface area contributed by atoms with Gasteiger partial charge in [-0.2, -0.15) is 8.78 Å². The van der Waals surface area contributed by atoms with E-state index in [4.69, 9.17) is 69.1 Å². The third kappa shape index (κ3) is 10.6. The Bertz CT molecular complexity index is 2180. The molecule has 18 heteroatoms. The van der Waals surface area contributed by atoms with Gasteiger partial charge in [0.05, 0.1) is 33.0 Å². The van der Waals surface area contributed by atoms with E-state index in [-0.39, 0.29) is 33.0 Å². The number of fused-ring (bicyclic) bond motifs is 3. The molecule has 12 nitrogen and oxygen atoms in total. The maximum absolute atomic E-state index is 14.9. The Balaban J connectivity index is 1.13. The van der Waals surface area contributed by atoms with E-state index in [1.165, 1.54) is 0 Å². The van der Waals surface area contributed by atoms with Gasteiger partial charge in [0.15, 0.2) is 30.3 Å². The van der Waals surface area contributed by atoms with E-state index in [9.17, 15) is 22.0 Å². The fraction of sp³-hybridized carbons (Fsp3) is 0.457. The molecule has 0 unspecified atom stereocenters. The summed E-state index contributed by atoms with van der Waals surface area (Å²) in [5.74, 6) is -15.1. The van der Waals surface area contributed by atoms with Crippen molar-refractivity contribution < 1.29 is 78.8 Å². The van der Waals surface area contributed by atoms with E-state index in [0.29, 0.717) is 0 Å². The Labute approximate surface area is 371 Å². The van der Waals surface area contributed by atoms with Crippen molar-refractivity contribution in [2.24, 2.45) is 0 Å². The Morgan fingerprint density at radius 3 is 1.62 bits per heavy atom. The molecule has 4 aromatic rings. The summed E-state index contributed by atoms with van der Waals surface area (Å²) >= 11 is 5.30. The predicted octanol–water partition coefficient (Wildman–Crippen LogP) is 7.96. The minimum absolute atomic E-state index is 0.0297. The number of thiocarbonyl (C=S) groups is 1. The molecule has 0 aliphatic carbocycles. The van der Waals surface area contributed by atoms with E-state index in [1.807, 2.05) is 91.0 Å². The molecule has 0 saturated carbocycles. The highest BCUT2D eigenvalue weighted by atomic mass is 32.1. The van der Waals surface area contributed by atoms with Crippen LogP contribution in [-0.4, -0.2) is 91.4 Å². The first kappa shape index (κ1) is 46.4. The first-order valence-electron chi connectivity index (χ1n) is 20.6. The molecule has 10 atom stereocenters. The summed E-state index contributed by atoms with van der Waals surface area (Å²) in [4.78, 5) is 0. The lowest BCUT2D eigenvalue weighted by Crippen LogP contribution is -2.63. The van der Waals surface area contributed by atoms with Gasteiger partial charge in [-0.05, 0) is 44.4 Å². The zero-order chi connectivity index (χ0) is 45.2. The SMILES string of the molecule is CC1(C)O[C@H]2[C@@H](O1)[C@@H](CO[C@@H]1O[C@H](COCc3ccccc3)[C@@H](OCc3ccccc3)[C@H](OCc3ccccc3)[C@H]1OC(=S)Oc1c(F)c(F)c(F)c(F)c1F)O[C@@H]1OC(C)(C)O[C@@H]12. The predicted molar refractivity (Wildman–Crippen MR) is 218 cm³/mol. The molecule has 64 heavy (non-hydrogen) atoms. The standard InChI is InChI=1S/C46H47F5O12S/c1-45(2)60-36-29(57-43-41(39(36)61-45)62-46(3,4)63-43)24-55-42-40(59-44(64)58-37-33(50)31(48)30(47)32(49)34(37)51)38(54-22-27-18-12-7-13-19-27)35(53-21-26-16-10-6-11-17-26)28(56-42)23-52-20-25-14-8-5-9-15-25/h5-19,28-29,35-36,38-43H,20-24H2,1-4H3/t28-,29-,35-,36+,38+,39+,40-,41-,42-,43-/m1/s1. The molecule has 4 heterocycles. The Kier molecular flexibility index (Phi) is 14.3. The highest BCUT2D eigenvalue weighted by Gasteiger charge is 2.61. The van der Waals surface area contributed by atoms with Gasteiger partial charge in [0.25, 0.3) is 0 Å². The number of benzene rings is 4. The van der Waals surface area contributed by atoms with Gasteiger partial charge in [0, 0.05) is 12.2 Å². The van der Waals surface area contributed by atoms with Crippen LogP contribution < -0.4 is 4.74 Å². The highest BCUT2D eigenvalue weighted by molar-refractivity contribution is 7.79. The normalized spacial score (nSPS) is 29.2. The average Bonchev–Trinajstić information content (AvgIpc) is 3.79. The molecule has 8 rings (SSSR count). The summed E-state index contributed by atoms with van der Waals surface area (Å²) < 4.78 is 147. The number of ether oxygens (including phenoxy) is 12. The number of rotatable bonds is 15. The van der Waals surface area contributed by atoms with Crippen LogP contribution in [-0.2, 0) is 71.9 Å². The summed E-state index contributed by atoms with van der Waals surface area (Å²) in [5.41, 5.74) is 2.41. The van der Waals surface area contributed by atoms with Crippen LogP contribution in [0.25, 0.3) is 0 Å². The van der Waals surface area contributed by atoms with E-state index in [2.05, 4.69) is 0 Å². The van der Waals surface area contributed by atoms with Gasteiger partial charge >= 0.3 is 5.24 Å². The third-order valence-electron chi connectivity index (χ3n) is 10.8. The van der Waals surface area contributed by atoms with E-state index < -0.39 is 113 Å². The van der Waals surface area contributed by atoms with Gasteiger partial charge in [-0.15, -0.1) is 0 Å². The lowest BCUT2D eigenvalue weighted by atomic mass is 9.97. The molecule has 4 saturated heterocycles. The lowest BCUT2D eigenvalue weighted by molar-refractivity contribution is -0.327. The monoisotopic (exact) mass is 918 g/mol. The van der Waals surface area contributed by atoms with E-state index in [0.717, 1.165) is 16.7 Å². The maximum Gasteiger partial charge on any atom is 0.358 e. The zero-order valence-corrected chi connectivity index (χ0v) is 36.0. The van der Waals surface area contributed by atoms with Gasteiger partial charge in [-0.3, -0.25) is 0 Å². The van der Waals surface area contributed by atoms with Gasteiger partial charge in [0.1, 0.15) is 42.7 Å².